The summed E-state index contributed by atoms with van der Waals surface area (Å²) in [6.45, 7) is 6.92. The van der Waals surface area contributed by atoms with Gasteiger partial charge < -0.3 is 0 Å². The van der Waals surface area contributed by atoms with E-state index in [2.05, 4.69) is 185 Å². The molecule has 0 heterocycles. The number of hydrogen-bond acceptors (Lipinski definition) is 0. The molecule has 0 spiro atoms. The molecule has 0 unspecified atom stereocenters. The van der Waals surface area contributed by atoms with Gasteiger partial charge in [0.1, 0.15) is 0 Å². The molecule has 0 amide bonds. The van der Waals surface area contributed by atoms with Gasteiger partial charge in [-0.05, 0) is 107 Å². The van der Waals surface area contributed by atoms with Crippen LogP contribution in [0.25, 0.3) is 77.2 Å². The van der Waals surface area contributed by atoms with Crippen LogP contribution in [0.2, 0.25) is 0 Å². The Bertz CT molecular complexity index is 2520. The molecule has 0 nitrogen and oxygen atoms in total. The van der Waals surface area contributed by atoms with Crippen LogP contribution in [-0.2, 0) is 5.41 Å². The number of aryl methyl sites for hydroxylation is 1. The summed E-state index contributed by atoms with van der Waals surface area (Å²) in [5, 5.41) is 5.13. The van der Waals surface area contributed by atoms with Gasteiger partial charge in [-0.25, -0.2) is 0 Å². The maximum Gasteiger partial charge on any atom is 0.0158 e. The van der Waals surface area contributed by atoms with Crippen LogP contribution in [0.3, 0.4) is 0 Å². The van der Waals surface area contributed by atoms with Gasteiger partial charge in [-0.15, -0.1) is 0 Å². The molecule has 0 aliphatic heterocycles. The molecule has 0 saturated carbocycles. The van der Waals surface area contributed by atoms with Crippen LogP contribution in [0.5, 0.6) is 0 Å². The molecule has 1 aliphatic carbocycles. The van der Waals surface area contributed by atoms with Crippen molar-refractivity contribution in [3.05, 3.63) is 180 Å². The summed E-state index contributed by atoms with van der Waals surface area (Å²) in [6, 6.07) is 60.7. The number of fused-ring (bicyclic) bond motifs is 5. The Morgan fingerprint density at radius 1 is 0.333 bits per heavy atom. The number of benzene rings is 8. The van der Waals surface area contributed by atoms with Crippen LogP contribution in [0, 0.1) is 6.92 Å². The normalized spacial score (nSPS) is 13.1. The highest BCUT2D eigenvalue weighted by Gasteiger charge is 2.35. The SMILES string of the molecule is Cc1ccc2c(-c3ccc(-c4ccccc4)c(-c4ccccc4)c3)c3ccccc3c(-c3ccc4c(c3)-c3ccccc3C4(C)C)c2c1. The van der Waals surface area contributed by atoms with E-state index in [0.29, 0.717) is 0 Å². The molecular weight excluding hydrogens is 577 g/mol. The zero-order chi connectivity index (χ0) is 32.4. The van der Waals surface area contributed by atoms with Gasteiger partial charge in [0.2, 0.25) is 0 Å². The van der Waals surface area contributed by atoms with Gasteiger partial charge in [-0.2, -0.15) is 0 Å². The third-order valence-corrected chi connectivity index (χ3v) is 10.5. The Kier molecular flexibility index (Phi) is 6.49. The fourth-order valence-electron chi connectivity index (χ4n) is 8.22. The predicted octanol–water partition coefficient (Wildman–Crippen LogP) is 13.3. The highest BCUT2D eigenvalue weighted by Crippen LogP contribution is 2.51. The molecule has 8 aromatic rings. The zero-order valence-corrected chi connectivity index (χ0v) is 27.6. The van der Waals surface area contributed by atoms with Gasteiger partial charge in [-0.1, -0.05) is 171 Å². The first-order valence-electron chi connectivity index (χ1n) is 16.9. The lowest BCUT2D eigenvalue weighted by molar-refractivity contribution is 0.660. The van der Waals surface area contributed by atoms with Crippen molar-refractivity contribution in [2.45, 2.75) is 26.2 Å². The molecule has 0 aromatic heterocycles. The zero-order valence-electron chi connectivity index (χ0n) is 27.6. The Morgan fingerprint density at radius 3 is 1.56 bits per heavy atom. The van der Waals surface area contributed by atoms with Crippen molar-refractivity contribution in [3.8, 4) is 55.6 Å². The molecular formula is C48H36. The van der Waals surface area contributed by atoms with E-state index in [9.17, 15) is 0 Å². The maximum atomic E-state index is 2.45. The van der Waals surface area contributed by atoms with Crippen LogP contribution in [-0.4, -0.2) is 0 Å². The lowest BCUT2D eigenvalue weighted by atomic mass is 9.81. The van der Waals surface area contributed by atoms with Crippen LogP contribution >= 0.6 is 0 Å². The maximum absolute atomic E-state index is 2.45. The van der Waals surface area contributed by atoms with E-state index in [4.69, 9.17) is 0 Å². The smallest absolute Gasteiger partial charge is 0.0158 e. The summed E-state index contributed by atoms with van der Waals surface area (Å²) in [4.78, 5) is 0. The molecule has 0 saturated heterocycles. The average Bonchev–Trinajstić information content (AvgIpc) is 3.36. The first kappa shape index (κ1) is 28.5. The van der Waals surface area contributed by atoms with Crippen LogP contribution in [0.1, 0.15) is 30.5 Å². The lowest BCUT2D eigenvalue weighted by Crippen LogP contribution is -2.14. The molecule has 8 aromatic carbocycles. The Balaban J connectivity index is 1.33. The van der Waals surface area contributed by atoms with E-state index in [-0.39, 0.29) is 5.41 Å². The van der Waals surface area contributed by atoms with E-state index >= 15 is 0 Å². The first-order valence-corrected chi connectivity index (χ1v) is 16.9. The Labute approximate surface area is 283 Å². The molecule has 0 fully saturated rings. The Hall–Kier alpha value is -5.72. The third kappa shape index (κ3) is 4.37. The first-order chi connectivity index (χ1) is 23.5. The summed E-state index contributed by atoms with van der Waals surface area (Å²) in [6.07, 6.45) is 0. The second kappa shape index (κ2) is 10.9. The van der Waals surface area contributed by atoms with E-state index < -0.39 is 0 Å². The fourth-order valence-corrected chi connectivity index (χ4v) is 8.22. The van der Waals surface area contributed by atoms with Crippen molar-refractivity contribution in [1.82, 2.24) is 0 Å². The second-order valence-corrected chi connectivity index (χ2v) is 13.8. The predicted molar refractivity (Wildman–Crippen MR) is 205 cm³/mol. The van der Waals surface area contributed by atoms with Gasteiger partial charge in [0.15, 0.2) is 0 Å². The van der Waals surface area contributed by atoms with E-state index in [1.807, 2.05) is 0 Å². The second-order valence-electron chi connectivity index (χ2n) is 13.8. The molecule has 228 valence electrons. The molecule has 0 N–H and O–H groups in total. The van der Waals surface area contributed by atoms with Crippen LogP contribution in [0.4, 0.5) is 0 Å². The minimum atomic E-state index is -0.0165. The standard InChI is InChI=1S/C48H36/c1-31-22-25-40-43(28-31)47(35-24-27-45-42(30-35)37-18-12-13-21-44(37)48(45,2)3)39-20-11-10-19-38(39)46(40)34-23-26-36(32-14-6-4-7-15-32)41(29-34)33-16-8-5-9-17-33/h4-30H,1-3H3. The van der Waals surface area contributed by atoms with Crippen LogP contribution < -0.4 is 0 Å². The molecule has 9 rings (SSSR count). The van der Waals surface area contributed by atoms with E-state index in [1.165, 1.54) is 93.9 Å². The summed E-state index contributed by atoms with van der Waals surface area (Å²) in [7, 11) is 0. The van der Waals surface area contributed by atoms with Crippen molar-refractivity contribution in [1.29, 1.82) is 0 Å². The van der Waals surface area contributed by atoms with Crippen molar-refractivity contribution in [2.24, 2.45) is 0 Å². The van der Waals surface area contributed by atoms with Gasteiger partial charge >= 0.3 is 0 Å². The average molecular weight is 613 g/mol. The molecule has 0 heteroatoms. The highest BCUT2D eigenvalue weighted by atomic mass is 14.4. The van der Waals surface area contributed by atoms with Gasteiger partial charge in [-0.3, -0.25) is 0 Å². The van der Waals surface area contributed by atoms with Crippen molar-refractivity contribution < 1.29 is 0 Å². The molecule has 0 bridgehead atoms. The van der Waals surface area contributed by atoms with Gasteiger partial charge in [0.05, 0.1) is 0 Å². The molecule has 1 aliphatic rings. The third-order valence-electron chi connectivity index (χ3n) is 10.5. The van der Waals surface area contributed by atoms with Crippen molar-refractivity contribution in [2.75, 3.05) is 0 Å². The number of hydrogen-bond donors (Lipinski definition) is 0. The van der Waals surface area contributed by atoms with E-state index in [0.717, 1.165) is 0 Å². The van der Waals surface area contributed by atoms with Crippen LogP contribution in [0.15, 0.2) is 164 Å². The topological polar surface area (TPSA) is 0 Å². The largest absolute Gasteiger partial charge is 0.0622 e. The van der Waals surface area contributed by atoms with Gasteiger partial charge in [0.25, 0.3) is 0 Å². The minimum Gasteiger partial charge on any atom is -0.0622 e. The summed E-state index contributed by atoms with van der Waals surface area (Å²) < 4.78 is 0. The monoisotopic (exact) mass is 612 g/mol. The summed E-state index contributed by atoms with van der Waals surface area (Å²) in [5.74, 6) is 0. The highest BCUT2D eigenvalue weighted by molar-refractivity contribution is 6.22. The van der Waals surface area contributed by atoms with Crippen molar-refractivity contribution in [3.63, 3.8) is 0 Å². The van der Waals surface area contributed by atoms with Gasteiger partial charge in [0, 0.05) is 5.41 Å². The lowest BCUT2D eigenvalue weighted by Gasteiger charge is -2.22. The fraction of sp³-hybridized carbons (Fsp3) is 0.0833. The molecule has 0 atom stereocenters. The van der Waals surface area contributed by atoms with Crippen molar-refractivity contribution >= 4 is 21.5 Å². The molecule has 0 radical (unpaired) electrons. The number of rotatable bonds is 4. The Morgan fingerprint density at radius 2 is 0.854 bits per heavy atom. The summed E-state index contributed by atoms with van der Waals surface area (Å²) >= 11 is 0. The summed E-state index contributed by atoms with van der Waals surface area (Å²) in [5.41, 5.74) is 16.8. The quantitative estimate of drug-likeness (QED) is 0.173. The van der Waals surface area contributed by atoms with E-state index in [1.54, 1.807) is 0 Å². The minimum absolute atomic E-state index is 0.0165. The molecule has 48 heavy (non-hydrogen) atoms.